The Morgan fingerprint density at radius 3 is 2.55 bits per heavy atom. The van der Waals surface area contributed by atoms with Gasteiger partial charge in [0.1, 0.15) is 12.4 Å². The van der Waals surface area contributed by atoms with Gasteiger partial charge in [0.25, 0.3) is 0 Å². The zero-order valence-electron chi connectivity index (χ0n) is 9.78. The minimum absolute atomic E-state index is 0.0708. The molecule has 0 aliphatic heterocycles. The molecule has 0 spiro atoms. The quantitative estimate of drug-likeness (QED) is 0.656. The Labute approximate surface area is 117 Å². The normalized spacial score (nSPS) is 10.1. The second-order valence-corrected chi connectivity index (χ2v) is 4.05. The minimum atomic E-state index is -1.16. The molecule has 102 valence electrons. The molecule has 1 aromatic heterocycles. The summed E-state index contributed by atoms with van der Waals surface area (Å²) in [5, 5.41) is 22.2. The largest absolute Gasteiger partial charge is 0.478 e. The first-order chi connectivity index (χ1) is 9.47. The number of nitro groups is 1. The van der Waals surface area contributed by atoms with Crippen LogP contribution in [0.15, 0.2) is 30.6 Å². The summed E-state index contributed by atoms with van der Waals surface area (Å²) in [4.78, 5) is 28.3. The van der Waals surface area contributed by atoms with Gasteiger partial charge in [0.2, 0.25) is 5.95 Å². The maximum atomic E-state index is 10.9. The Kier molecular flexibility index (Phi) is 3.76. The van der Waals surface area contributed by atoms with Gasteiger partial charge in [-0.05, 0) is 18.2 Å². The van der Waals surface area contributed by atoms with Crippen molar-refractivity contribution in [2.24, 2.45) is 0 Å². The van der Waals surface area contributed by atoms with E-state index in [-0.39, 0.29) is 22.2 Å². The molecule has 0 saturated carbocycles. The second-order valence-electron chi connectivity index (χ2n) is 3.65. The molecule has 0 radical (unpaired) electrons. The van der Waals surface area contributed by atoms with Gasteiger partial charge in [-0.3, -0.25) is 10.1 Å². The van der Waals surface area contributed by atoms with E-state index in [0.717, 1.165) is 12.4 Å². The number of benzene rings is 1. The van der Waals surface area contributed by atoms with Crippen LogP contribution in [0.5, 0.6) is 0 Å². The summed E-state index contributed by atoms with van der Waals surface area (Å²) in [5.74, 6) is -1.06. The molecule has 1 aromatic carbocycles. The predicted molar refractivity (Wildman–Crippen MR) is 70.4 cm³/mol. The van der Waals surface area contributed by atoms with Crippen molar-refractivity contribution >= 4 is 34.9 Å². The Hall–Kier alpha value is -2.74. The molecule has 0 unspecified atom stereocenters. The highest BCUT2D eigenvalue weighted by Gasteiger charge is 2.11. The number of carbonyl (C=O) groups is 1. The maximum Gasteiger partial charge on any atom is 0.337 e. The zero-order valence-corrected chi connectivity index (χ0v) is 10.5. The van der Waals surface area contributed by atoms with Crippen molar-refractivity contribution < 1.29 is 14.8 Å². The van der Waals surface area contributed by atoms with E-state index < -0.39 is 10.9 Å². The van der Waals surface area contributed by atoms with Gasteiger partial charge in [-0.1, -0.05) is 11.6 Å². The number of carboxylic acid groups (broad SMARTS) is 1. The van der Waals surface area contributed by atoms with Gasteiger partial charge >= 0.3 is 11.7 Å². The Balaban J connectivity index is 2.23. The fraction of sp³-hybridized carbons (Fsp3) is 0. The average molecular weight is 295 g/mol. The SMILES string of the molecule is O=C(O)c1cc(Nc2ncc([N+](=O)[O-])cn2)ccc1Cl. The van der Waals surface area contributed by atoms with Crippen molar-refractivity contribution in [3.8, 4) is 0 Å². The number of anilines is 2. The van der Waals surface area contributed by atoms with E-state index in [0.29, 0.717) is 5.69 Å². The summed E-state index contributed by atoms with van der Waals surface area (Å²) in [6.07, 6.45) is 2.09. The maximum absolute atomic E-state index is 10.9. The number of nitrogens with zero attached hydrogens (tertiary/aromatic N) is 3. The van der Waals surface area contributed by atoms with Crippen LogP contribution in [0.1, 0.15) is 10.4 Å². The fourth-order valence-electron chi connectivity index (χ4n) is 1.38. The van der Waals surface area contributed by atoms with Crippen molar-refractivity contribution in [3.63, 3.8) is 0 Å². The monoisotopic (exact) mass is 294 g/mol. The first-order valence-corrected chi connectivity index (χ1v) is 5.61. The van der Waals surface area contributed by atoms with Crippen LogP contribution in [0.4, 0.5) is 17.3 Å². The summed E-state index contributed by atoms with van der Waals surface area (Å²) in [5.41, 5.74) is 0.0945. The smallest absolute Gasteiger partial charge is 0.337 e. The molecule has 9 heteroatoms. The molecular weight excluding hydrogens is 288 g/mol. The first kappa shape index (κ1) is 13.7. The molecular formula is C11H7ClN4O4. The first-order valence-electron chi connectivity index (χ1n) is 5.23. The molecule has 2 N–H and O–H groups in total. The van der Waals surface area contributed by atoms with Gasteiger partial charge in [0.05, 0.1) is 15.5 Å². The topological polar surface area (TPSA) is 118 Å². The number of nitrogens with one attached hydrogen (secondary N) is 1. The third kappa shape index (κ3) is 2.98. The van der Waals surface area contributed by atoms with Gasteiger partial charge < -0.3 is 10.4 Å². The Bertz CT molecular complexity index is 675. The standard InChI is InChI=1S/C11H7ClN4O4/c12-9-2-1-6(3-8(9)10(17)18)15-11-13-4-7(5-14-11)16(19)20/h1-5H,(H,17,18)(H,13,14,15). The van der Waals surface area contributed by atoms with E-state index in [1.165, 1.54) is 12.1 Å². The van der Waals surface area contributed by atoms with Gasteiger partial charge in [-0.25, -0.2) is 14.8 Å². The summed E-state index contributed by atoms with van der Waals surface area (Å²) >= 11 is 5.73. The molecule has 8 nitrogen and oxygen atoms in total. The van der Waals surface area contributed by atoms with Crippen LogP contribution in [-0.2, 0) is 0 Å². The Morgan fingerprint density at radius 2 is 2.00 bits per heavy atom. The zero-order chi connectivity index (χ0) is 14.7. The van der Waals surface area contributed by atoms with Crippen LogP contribution >= 0.6 is 11.6 Å². The van der Waals surface area contributed by atoms with Gasteiger partial charge in [-0.2, -0.15) is 0 Å². The third-order valence-electron chi connectivity index (χ3n) is 2.30. The van der Waals surface area contributed by atoms with E-state index in [9.17, 15) is 14.9 Å². The van der Waals surface area contributed by atoms with E-state index in [4.69, 9.17) is 16.7 Å². The lowest BCUT2D eigenvalue weighted by atomic mass is 10.2. The lowest BCUT2D eigenvalue weighted by Crippen LogP contribution is -2.01. The lowest BCUT2D eigenvalue weighted by Gasteiger charge is -2.06. The van der Waals surface area contributed by atoms with Crippen molar-refractivity contribution in [2.75, 3.05) is 5.32 Å². The van der Waals surface area contributed by atoms with Crippen molar-refractivity contribution in [2.45, 2.75) is 0 Å². The highest BCUT2D eigenvalue weighted by Crippen LogP contribution is 2.22. The van der Waals surface area contributed by atoms with E-state index in [1.807, 2.05) is 0 Å². The summed E-state index contributed by atoms with van der Waals surface area (Å²) in [6.45, 7) is 0. The highest BCUT2D eigenvalue weighted by molar-refractivity contribution is 6.33. The predicted octanol–water partition coefficient (Wildman–Crippen LogP) is 2.48. The average Bonchev–Trinajstić information content (AvgIpc) is 2.41. The third-order valence-corrected chi connectivity index (χ3v) is 2.63. The number of aromatic carboxylic acids is 1. The van der Waals surface area contributed by atoms with E-state index in [2.05, 4.69) is 15.3 Å². The van der Waals surface area contributed by atoms with E-state index in [1.54, 1.807) is 6.07 Å². The number of hydrogen-bond donors (Lipinski definition) is 2. The van der Waals surface area contributed by atoms with Crippen LogP contribution in [0.3, 0.4) is 0 Å². The number of hydrogen-bond acceptors (Lipinski definition) is 6. The summed E-state index contributed by atoms with van der Waals surface area (Å²) < 4.78 is 0. The van der Waals surface area contributed by atoms with Crippen molar-refractivity contribution in [3.05, 3.63) is 51.3 Å². The lowest BCUT2D eigenvalue weighted by molar-refractivity contribution is -0.385. The molecule has 0 aliphatic carbocycles. The van der Waals surface area contributed by atoms with Gasteiger partial charge in [0.15, 0.2) is 0 Å². The number of halogens is 1. The number of rotatable bonds is 4. The molecule has 1 heterocycles. The molecule has 0 bridgehead atoms. The second kappa shape index (κ2) is 5.49. The van der Waals surface area contributed by atoms with Crippen LogP contribution in [0.25, 0.3) is 0 Å². The molecule has 0 amide bonds. The summed E-state index contributed by atoms with van der Waals surface area (Å²) in [7, 11) is 0. The number of carboxylic acids is 1. The molecule has 2 aromatic rings. The van der Waals surface area contributed by atoms with Crippen LogP contribution in [0.2, 0.25) is 5.02 Å². The van der Waals surface area contributed by atoms with Crippen LogP contribution in [0, 0.1) is 10.1 Å². The highest BCUT2D eigenvalue weighted by atomic mass is 35.5. The molecule has 0 aliphatic rings. The molecule has 2 rings (SSSR count). The molecule has 20 heavy (non-hydrogen) atoms. The van der Waals surface area contributed by atoms with Gasteiger partial charge in [0, 0.05) is 5.69 Å². The van der Waals surface area contributed by atoms with Gasteiger partial charge in [-0.15, -0.1) is 0 Å². The van der Waals surface area contributed by atoms with Crippen LogP contribution in [-0.4, -0.2) is 26.0 Å². The summed E-state index contributed by atoms with van der Waals surface area (Å²) in [6, 6.07) is 4.27. The van der Waals surface area contributed by atoms with E-state index >= 15 is 0 Å². The van der Waals surface area contributed by atoms with Crippen LogP contribution < -0.4 is 5.32 Å². The molecule has 0 saturated heterocycles. The Morgan fingerprint density at radius 1 is 1.35 bits per heavy atom. The minimum Gasteiger partial charge on any atom is -0.478 e. The van der Waals surface area contributed by atoms with Crippen molar-refractivity contribution in [1.29, 1.82) is 0 Å². The fourth-order valence-corrected chi connectivity index (χ4v) is 1.57. The number of aromatic nitrogens is 2. The molecule has 0 atom stereocenters. The molecule has 0 fully saturated rings. The van der Waals surface area contributed by atoms with Crippen molar-refractivity contribution in [1.82, 2.24) is 9.97 Å².